The summed E-state index contributed by atoms with van der Waals surface area (Å²) in [5.41, 5.74) is 3.45. The van der Waals surface area contributed by atoms with Crippen molar-refractivity contribution in [2.75, 3.05) is 0 Å². The summed E-state index contributed by atoms with van der Waals surface area (Å²) in [4.78, 5) is 9.00. The highest BCUT2D eigenvalue weighted by atomic mass is 16.4. The highest BCUT2D eigenvalue weighted by Crippen LogP contribution is 2.12. The zero-order valence-electron chi connectivity index (χ0n) is 10.7. The lowest BCUT2D eigenvalue weighted by Gasteiger charge is -2.06. The molecule has 3 nitrogen and oxygen atoms in total. The van der Waals surface area contributed by atoms with E-state index in [2.05, 4.69) is 25.2 Å². The van der Waals surface area contributed by atoms with E-state index in [0.29, 0.717) is 0 Å². The second kappa shape index (κ2) is 12.6. The second-order valence-electron chi connectivity index (χ2n) is 3.60. The Balaban J connectivity index is 0. The van der Waals surface area contributed by atoms with Crippen LogP contribution in [0.25, 0.3) is 0 Å². The van der Waals surface area contributed by atoms with Crippen LogP contribution in [0.15, 0.2) is 17.9 Å². The Morgan fingerprint density at radius 1 is 1.41 bits per heavy atom. The summed E-state index contributed by atoms with van der Waals surface area (Å²) in [5, 5.41) is 16.7. The first-order valence-electron chi connectivity index (χ1n) is 5.72. The summed E-state index contributed by atoms with van der Waals surface area (Å²) in [6, 6.07) is 0. The van der Waals surface area contributed by atoms with Crippen molar-refractivity contribution in [3.8, 4) is 12.3 Å². The largest absolute Gasteiger partial charge is 0.481 e. The molecule has 0 saturated carbocycles. The third kappa shape index (κ3) is 14.5. The molecule has 0 radical (unpaired) electrons. The molecule has 0 saturated heterocycles. The number of unbranched alkanes of at least 4 members (excludes halogenated alkanes) is 3. The Kier molecular flexibility index (Phi) is 13.2. The molecule has 0 aromatic heterocycles. The lowest BCUT2D eigenvalue weighted by molar-refractivity contribution is -0.134. The molecule has 0 aromatic rings. The first-order chi connectivity index (χ1) is 7.99. The maximum absolute atomic E-state index is 9.30. The van der Waals surface area contributed by atoms with E-state index >= 15 is 0 Å². The van der Waals surface area contributed by atoms with Crippen molar-refractivity contribution in [2.45, 2.75) is 52.1 Å². The minimum absolute atomic E-state index is 0.749. The number of aliphatic hydroxyl groups is 1. The fraction of sp³-hybridized carbons (Fsp3) is 0.571. The van der Waals surface area contributed by atoms with Gasteiger partial charge in [0.1, 0.15) is 6.10 Å². The third-order valence-electron chi connectivity index (χ3n) is 2.01. The van der Waals surface area contributed by atoms with Gasteiger partial charge in [-0.25, -0.2) is 0 Å². The maximum atomic E-state index is 9.30. The number of aliphatic carboxylic acids is 1. The Morgan fingerprint density at radius 3 is 2.29 bits per heavy atom. The molecule has 0 bridgehead atoms. The van der Waals surface area contributed by atoms with E-state index in [4.69, 9.17) is 16.3 Å². The van der Waals surface area contributed by atoms with Gasteiger partial charge in [0, 0.05) is 12.5 Å². The Labute approximate surface area is 104 Å². The SMILES string of the molecule is C#C[C@@H](O)C(=C=C)CCCCCC.CC(=O)O. The second-order valence-corrected chi connectivity index (χ2v) is 3.60. The number of carbonyl (C=O) groups is 1. The molecular formula is C14H22O3. The number of aliphatic hydroxyl groups excluding tert-OH is 1. The molecule has 0 aliphatic heterocycles. The van der Waals surface area contributed by atoms with E-state index in [1.54, 1.807) is 0 Å². The first-order valence-corrected chi connectivity index (χ1v) is 5.72. The molecule has 3 heteroatoms. The Morgan fingerprint density at radius 2 is 1.94 bits per heavy atom. The van der Waals surface area contributed by atoms with Crippen molar-refractivity contribution in [3.63, 3.8) is 0 Å². The predicted octanol–water partition coefficient (Wildman–Crippen LogP) is 2.75. The fourth-order valence-electron chi connectivity index (χ4n) is 1.16. The first kappa shape index (κ1) is 17.9. The molecule has 96 valence electrons. The highest BCUT2D eigenvalue weighted by Gasteiger charge is 2.05. The van der Waals surface area contributed by atoms with Crippen molar-refractivity contribution in [2.24, 2.45) is 0 Å². The maximum Gasteiger partial charge on any atom is 0.300 e. The Hall–Kier alpha value is -1.49. The lowest BCUT2D eigenvalue weighted by atomic mass is 10.0. The molecule has 0 spiro atoms. The minimum atomic E-state index is -0.833. The number of rotatable bonds is 6. The summed E-state index contributed by atoms with van der Waals surface area (Å²) in [6.45, 7) is 6.76. The molecule has 0 aliphatic carbocycles. The van der Waals surface area contributed by atoms with Gasteiger partial charge in [-0.2, -0.15) is 0 Å². The van der Waals surface area contributed by atoms with Crippen LogP contribution in [-0.4, -0.2) is 22.3 Å². The van der Waals surface area contributed by atoms with Crippen LogP contribution in [0.1, 0.15) is 46.0 Å². The standard InChI is InChI=1S/C12H18O.C2H4O2/c1-4-7-8-9-10-11(5-2)12(13)6-3;1-2(3)4/h3,12-13H,2,4,7-10H2,1H3;1H3,(H,3,4)/t12-;/m1./s1. The van der Waals surface area contributed by atoms with Crippen LogP contribution in [0, 0.1) is 12.3 Å². The molecule has 0 rings (SSSR count). The monoisotopic (exact) mass is 238 g/mol. The molecule has 17 heavy (non-hydrogen) atoms. The Bertz CT molecular complexity index is 289. The van der Waals surface area contributed by atoms with Gasteiger partial charge in [0.2, 0.25) is 0 Å². The van der Waals surface area contributed by atoms with Crippen molar-refractivity contribution in [1.29, 1.82) is 0 Å². The van der Waals surface area contributed by atoms with Gasteiger partial charge in [-0.1, -0.05) is 38.7 Å². The molecule has 0 aliphatic rings. The quantitative estimate of drug-likeness (QED) is 0.425. The van der Waals surface area contributed by atoms with Crippen LogP contribution in [0.3, 0.4) is 0 Å². The van der Waals surface area contributed by atoms with Gasteiger partial charge >= 0.3 is 0 Å². The van der Waals surface area contributed by atoms with Crippen LogP contribution < -0.4 is 0 Å². The van der Waals surface area contributed by atoms with Gasteiger partial charge in [-0.3, -0.25) is 4.79 Å². The number of carboxylic acid groups (broad SMARTS) is 1. The molecule has 0 aromatic carbocycles. The van der Waals surface area contributed by atoms with Crippen LogP contribution in [0.2, 0.25) is 0 Å². The summed E-state index contributed by atoms with van der Waals surface area (Å²) in [5.74, 6) is 1.44. The van der Waals surface area contributed by atoms with Gasteiger partial charge in [0.25, 0.3) is 5.97 Å². The van der Waals surface area contributed by atoms with E-state index in [1.165, 1.54) is 19.3 Å². The molecule has 0 amide bonds. The molecule has 0 fully saturated rings. The normalized spacial score (nSPS) is 10.2. The number of hydrogen-bond acceptors (Lipinski definition) is 2. The predicted molar refractivity (Wildman–Crippen MR) is 69.6 cm³/mol. The molecule has 0 unspecified atom stereocenters. The van der Waals surface area contributed by atoms with E-state index in [-0.39, 0.29) is 0 Å². The van der Waals surface area contributed by atoms with Gasteiger partial charge in [0.05, 0.1) is 0 Å². The average Bonchev–Trinajstić information content (AvgIpc) is 2.27. The molecule has 2 N–H and O–H groups in total. The number of hydrogen-bond donors (Lipinski definition) is 2. The summed E-state index contributed by atoms with van der Waals surface area (Å²) >= 11 is 0. The number of carboxylic acids is 1. The molecule has 1 atom stereocenters. The van der Waals surface area contributed by atoms with Crippen molar-refractivity contribution >= 4 is 5.97 Å². The van der Waals surface area contributed by atoms with Crippen LogP contribution in [-0.2, 0) is 4.79 Å². The number of terminal acetylenes is 1. The highest BCUT2D eigenvalue weighted by molar-refractivity contribution is 5.62. The topological polar surface area (TPSA) is 57.5 Å². The summed E-state index contributed by atoms with van der Waals surface area (Å²) < 4.78 is 0. The summed E-state index contributed by atoms with van der Waals surface area (Å²) in [7, 11) is 0. The van der Waals surface area contributed by atoms with Crippen molar-refractivity contribution in [1.82, 2.24) is 0 Å². The van der Waals surface area contributed by atoms with Crippen LogP contribution in [0.4, 0.5) is 0 Å². The zero-order valence-corrected chi connectivity index (χ0v) is 10.7. The minimum Gasteiger partial charge on any atom is -0.481 e. The summed E-state index contributed by atoms with van der Waals surface area (Å²) in [6.07, 6.45) is 9.80. The van der Waals surface area contributed by atoms with Gasteiger partial charge in [0.15, 0.2) is 0 Å². The van der Waals surface area contributed by atoms with Gasteiger partial charge < -0.3 is 10.2 Å². The van der Waals surface area contributed by atoms with Gasteiger partial charge in [-0.05, 0) is 12.8 Å². The van der Waals surface area contributed by atoms with Crippen molar-refractivity contribution < 1.29 is 15.0 Å². The molecule has 0 heterocycles. The zero-order chi connectivity index (χ0) is 13.7. The van der Waals surface area contributed by atoms with E-state index in [9.17, 15) is 5.11 Å². The smallest absolute Gasteiger partial charge is 0.300 e. The molecular weight excluding hydrogens is 216 g/mol. The van der Waals surface area contributed by atoms with E-state index < -0.39 is 12.1 Å². The van der Waals surface area contributed by atoms with E-state index in [0.717, 1.165) is 25.3 Å². The fourth-order valence-corrected chi connectivity index (χ4v) is 1.16. The lowest BCUT2D eigenvalue weighted by Crippen LogP contribution is -2.06. The third-order valence-corrected chi connectivity index (χ3v) is 2.01. The van der Waals surface area contributed by atoms with Gasteiger partial charge in [-0.15, -0.1) is 12.2 Å². The van der Waals surface area contributed by atoms with Crippen LogP contribution in [0.5, 0.6) is 0 Å². The average molecular weight is 238 g/mol. The van der Waals surface area contributed by atoms with Crippen LogP contribution >= 0.6 is 0 Å². The van der Waals surface area contributed by atoms with Crippen molar-refractivity contribution in [3.05, 3.63) is 17.9 Å². The van der Waals surface area contributed by atoms with E-state index in [1.807, 2.05) is 0 Å².